The Bertz CT molecular complexity index is 563. The molecule has 2 aliphatic heterocycles. The van der Waals surface area contributed by atoms with Crippen LogP contribution in [-0.2, 0) is 9.59 Å². The quantitative estimate of drug-likeness (QED) is 0.687. The molecule has 0 aromatic heterocycles. The minimum Gasteiger partial charge on any atom is -0.354 e. The van der Waals surface area contributed by atoms with Crippen molar-refractivity contribution in [3.63, 3.8) is 0 Å². The highest BCUT2D eigenvalue weighted by molar-refractivity contribution is 6.09. The van der Waals surface area contributed by atoms with Crippen molar-refractivity contribution in [3.8, 4) is 0 Å². The highest BCUT2D eigenvalue weighted by Crippen LogP contribution is 2.28. The lowest BCUT2D eigenvalue weighted by Crippen LogP contribution is -2.60. The van der Waals surface area contributed by atoms with Crippen LogP contribution in [0, 0.1) is 0 Å². The lowest BCUT2D eigenvalue weighted by atomic mass is 9.91. The van der Waals surface area contributed by atoms with E-state index in [2.05, 4.69) is 29.1 Å². The number of hydrogen-bond donors (Lipinski definition) is 1. The molecule has 6 heteroatoms. The predicted molar refractivity (Wildman–Crippen MR) is 95.6 cm³/mol. The van der Waals surface area contributed by atoms with Gasteiger partial charge in [0, 0.05) is 12.7 Å². The highest BCUT2D eigenvalue weighted by atomic mass is 16.2. The minimum atomic E-state index is -0.908. The molecule has 1 atom stereocenters. The summed E-state index contributed by atoms with van der Waals surface area (Å²) >= 11 is 0. The lowest BCUT2D eigenvalue weighted by Gasteiger charge is -2.41. The summed E-state index contributed by atoms with van der Waals surface area (Å²) in [5, 5.41) is 2.99. The van der Waals surface area contributed by atoms with Crippen LogP contribution in [-0.4, -0.2) is 59.2 Å². The van der Waals surface area contributed by atoms with Gasteiger partial charge in [-0.2, -0.15) is 4.99 Å². The van der Waals surface area contributed by atoms with E-state index < -0.39 is 5.54 Å². The number of allylic oxidation sites excluding steroid dienone is 2. The number of carbonyl (C=O) groups excluding carboxylic acids is 2. The zero-order valence-corrected chi connectivity index (χ0v) is 14.9. The third-order valence-corrected chi connectivity index (χ3v) is 4.68. The third-order valence-electron chi connectivity index (χ3n) is 4.68. The van der Waals surface area contributed by atoms with Crippen molar-refractivity contribution in [3.05, 3.63) is 24.4 Å². The van der Waals surface area contributed by atoms with Gasteiger partial charge in [0.05, 0.1) is 6.42 Å². The molecule has 1 unspecified atom stereocenters. The molecule has 6 nitrogen and oxygen atoms in total. The second-order valence-corrected chi connectivity index (χ2v) is 6.37. The predicted octanol–water partition coefficient (Wildman–Crippen LogP) is 1.70. The van der Waals surface area contributed by atoms with Gasteiger partial charge in [0.15, 0.2) is 0 Å². The minimum absolute atomic E-state index is 0.0972. The molecule has 0 fully saturated rings. The topological polar surface area (TPSA) is 65.0 Å². The average Bonchev–Trinajstić information content (AvgIpc) is 2.57. The van der Waals surface area contributed by atoms with Crippen LogP contribution in [0.2, 0.25) is 0 Å². The van der Waals surface area contributed by atoms with Crippen LogP contribution >= 0.6 is 0 Å². The van der Waals surface area contributed by atoms with E-state index in [4.69, 9.17) is 0 Å². The van der Waals surface area contributed by atoms with Gasteiger partial charge in [-0.15, -0.1) is 0 Å². The van der Waals surface area contributed by atoms with Gasteiger partial charge in [0.25, 0.3) is 5.91 Å². The summed E-state index contributed by atoms with van der Waals surface area (Å²) in [6, 6.07) is 0. The Morgan fingerprint density at radius 3 is 2.79 bits per heavy atom. The number of rotatable bonds is 8. The first kappa shape index (κ1) is 18.4. The first-order chi connectivity index (χ1) is 11.5. The molecule has 2 aliphatic rings. The van der Waals surface area contributed by atoms with E-state index >= 15 is 0 Å². The summed E-state index contributed by atoms with van der Waals surface area (Å²) in [5.74, 6) is 0.166. The second-order valence-electron chi connectivity index (χ2n) is 6.37. The SMILES string of the molecule is CCN(CC)CCCCNC(=O)C1(C)CC(=O)N=C2C=CC=CN21. The summed E-state index contributed by atoms with van der Waals surface area (Å²) in [7, 11) is 0. The Labute approximate surface area is 144 Å². The molecule has 2 rings (SSSR count). The summed E-state index contributed by atoms with van der Waals surface area (Å²) in [6.07, 6.45) is 9.32. The van der Waals surface area contributed by atoms with Crippen LogP contribution in [0.3, 0.4) is 0 Å². The molecule has 0 aromatic carbocycles. The van der Waals surface area contributed by atoms with Crippen molar-refractivity contribution in [1.29, 1.82) is 0 Å². The van der Waals surface area contributed by atoms with Crippen LogP contribution < -0.4 is 5.32 Å². The fourth-order valence-electron chi connectivity index (χ4n) is 3.07. The molecular formula is C18H28N4O2. The number of amidine groups is 1. The van der Waals surface area contributed by atoms with Crippen molar-refractivity contribution in [2.24, 2.45) is 4.99 Å². The Morgan fingerprint density at radius 2 is 2.08 bits per heavy atom. The summed E-state index contributed by atoms with van der Waals surface area (Å²) < 4.78 is 0. The fourth-order valence-corrected chi connectivity index (χ4v) is 3.07. The molecule has 2 heterocycles. The first-order valence-corrected chi connectivity index (χ1v) is 8.77. The Hall–Kier alpha value is -1.95. The monoisotopic (exact) mass is 332 g/mol. The first-order valence-electron chi connectivity index (χ1n) is 8.77. The lowest BCUT2D eigenvalue weighted by molar-refractivity contribution is -0.134. The number of carbonyl (C=O) groups is 2. The molecule has 1 N–H and O–H groups in total. The van der Waals surface area contributed by atoms with Crippen LogP contribution in [0.4, 0.5) is 0 Å². The van der Waals surface area contributed by atoms with Crippen molar-refractivity contribution in [2.45, 2.75) is 45.6 Å². The number of fused-ring (bicyclic) bond motifs is 1. The standard InChI is InChI=1S/C18H28N4O2/c1-4-21(5-2)12-9-7-11-19-17(24)18(3)14-16(23)20-15-10-6-8-13-22(15)18/h6,8,10,13H,4-5,7,9,11-12,14H2,1-3H3,(H,19,24). The van der Waals surface area contributed by atoms with Gasteiger partial charge in [-0.05, 0) is 51.6 Å². The van der Waals surface area contributed by atoms with Gasteiger partial charge in [0.1, 0.15) is 11.4 Å². The van der Waals surface area contributed by atoms with Crippen LogP contribution in [0.15, 0.2) is 29.4 Å². The maximum Gasteiger partial charge on any atom is 0.250 e. The van der Waals surface area contributed by atoms with Crippen molar-refractivity contribution in [2.75, 3.05) is 26.2 Å². The molecule has 0 spiro atoms. The van der Waals surface area contributed by atoms with E-state index in [1.54, 1.807) is 17.9 Å². The molecule has 0 bridgehead atoms. The number of unbranched alkanes of at least 4 members (excludes halogenated alkanes) is 1. The van der Waals surface area contributed by atoms with E-state index in [1.807, 2.05) is 18.4 Å². The van der Waals surface area contributed by atoms with Gasteiger partial charge < -0.3 is 15.1 Å². The molecule has 24 heavy (non-hydrogen) atoms. The average molecular weight is 332 g/mol. The van der Waals surface area contributed by atoms with Crippen LogP contribution in [0.25, 0.3) is 0 Å². The number of aliphatic imine (C=N–C) groups is 1. The third kappa shape index (κ3) is 4.12. The van der Waals surface area contributed by atoms with Gasteiger partial charge in [-0.3, -0.25) is 9.59 Å². The molecule has 0 saturated carbocycles. The largest absolute Gasteiger partial charge is 0.354 e. The zero-order chi connectivity index (χ0) is 17.6. The highest BCUT2D eigenvalue weighted by Gasteiger charge is 2.44. The number of nitrogens with one attached hydrogen (secondary N) is 1. The molecule has 2 amide bonds. The van der Waals surface area contributed by atoms with Gasteiger partial charge >= 0.3 is 0 Å². The second kappa shape index (κ2) is 8.24. The molecule has 0 saturated heterocycles. The van der Waals surface area contributed by atoms with Crippen LogP contribution in [0.5, 0.6) is 0 Å². The van der Waals surface area contributed by atoms with Gasteiger partial charge in [0.2, 0.25) is 5.91 Å². The Kier molecular flexibility index (Phi) is 6.31. The van der Waals surface area contributed by atoms with Crippen LogP contribution in [0.1, 0.15) is 40.0 Å². The fraction of sp³-hybridized carbons (Fsp3) is 0.611. The van der Waals surface area contributed by atoms with E-state index in [0.29, 0.717) is 12.4 Å². The molecule has 0 aromatic rings. The molecular weight excluding hydrogens is 304 g/mol. The number of amides is 2. The van der Waals surface area contributed by atoms with Crippen molar-refractivity contribution < 1.29 is 9.59 Å². The molecule has 132 valence electrons. The Balaban J connectivity index is 1.87. The maximum atomic E-state index is 12.7. The van der Waals surface area contributed by atoms with Gasteiger partial charge in [-0.25, -0.2) is 0 Å². The summed E-state index contributed by atoms with van der Waals surface area (Å²) in [4.78, 5) is 32.8. The smallest absolute Gasteiger partial charge is 0.250 e. The molecule has 0 aliphatic carbocycles. The molecule has 0 radical (unpaired) electrons. The van der Waals surface area contributed by atoms with E-state index in [1.165, 1.54) is 0 Å². The van der Waals surface area contributed by atoms with E-state index in [0.717, 1.165) is 32.5 Å². The van der Waals surface area contributed by atoms with E-state index in [-0.39, 0.29) is 18.2 Å². The van der Waals surface area contributed by atoms with Crippen molar-refractivity contribution >= 4 is 17.6 Å². The number of nitrogens with zero attached hydrogens (tertiary/aromatic N) is 3. The summed E-state index contributed by atoms with van der Waals surface area (Å²) in [6.45, 7) is 9.91. The maximum absolute atomic E-state index is 12.7. The Morgan fingerprint density at radius 1 is 1.33 bits per heavy atom. The van der Waals surface area contributed by atoms with E-state index in [9.17, 15) is 9.59 Å². The van der Waals surface area contributed by atoms with Crippen molar-refractivity contribution in [1.82, 2.24) is 15.1 Å². The van der Waals surface area contributed by atoms with Gasteiger partial charge in [-0.1, -0.05) is 19.9 Å². The normalized spacial score (nSPS) is 22.6. The number of hydrogen-bond acceptors (Lipinski definition) is 4. The summed E-state index contributed by atoms with van der Waals surface area (Å²) in [5.41, 5.74) is -0.908. The zero-order valence-electron chi connectivity index (χ0n) is 14.9.